The second kappa shape index (κ2) is 41.3. The molecule has 2 aliphatic rings. The van der Waals surface area contributed by atoms with E-state index < -0.39 is 86.7 Å². The molecule has 0 bridgehead atoms. The molecule has 2 heterocycles. The molecule has 0 amide bonds. The van der Waals surface area contributed by atoms with E-state index in [4.69, 9.17) is 28.4 Å². The van der Waals surface area contributed by atoms with E-state index in [1.54, 1.807) is 0 Å². The standard InChI is InChI=1S/C55H88O14/c1-3-5-7-9-11-13-15-17-18-19-20-21-22-23-24-25-27-29-31-33-35-37-39-64-41-44(67-47(57)38-36-34-32-30-28-26-16-14-12-10-8-6-4-2)42-65-54-53(63)51(61)49(59)46(69-54)43-66-55-52(62)50(60)48(58)45(40-56)68-55/h5-8,11-14,17-18,20-21,23-24,26-29,44-46,48-56,58-63H,3-4,9-10,15-16,19,22,25,30-43H2,1-2H3/b7-5-,8-6-,13-11-,14-12-,18-17-,21-20-,24-23-,28-26-,29-27-. The Morgan fingerprint density at radius 1 is 0.478 bits per heavy atom. The Hall–Kier alpha value is -3.35. The van der Waals surface area contributed by atoms with Gasteiger partial charge in [-0.05, 0) is 96.3 Å². The lowest BCUT2D eigenvalue weighted by Gasteiger charge is -2.42. The van der Waals surface area contributed by atoms with E-state index in [1.807, 2.05) is 0 Å². The van der Waals surface area contributed by atoms with Crippen molar-refractivity contribution in [2.75, 3.05) is 33.0 Å². The molecule has 2 saturated heterocycles. The van der Waals surface area contributed by atoms with Crippen molar-refractivity contribution in [1.82, 2.24) is 0 Å². The zero-order chi connectivity index (χ0) is 50.2. The van der Waals surface area contributed by atoms with Crippen LogP contribution in [-0.2, 0) is 33.2 Å². The zero-order valence-electron chi connectivity index (χ0n) is 41.5. The summed E-state index contributed by atoms with van der Waals surface area (Å²) in [6, 6.07) is 0. The summed E-state index contributed by atoms with van der Waals surface area (Å²) >= 11 is 0. The molecule has 11 atom stereocenters. The molecule has 0 radical (unpaired) electrons. The lowest BCUT2D eigenvalue weighted by Crippen LogP contribution is -2.61. The van der Waals surface area contributed by atoms with Gasteiger partial charge in [-0.2, -0.15) is 0 Å². The molecule has 14 heteroatoms. The summed E-state index contributed by atoms with van der Waals surface area (Å²) in [6.07, 6.45) is 38.7. The fourth-order valence-electron chi connectivity index (χ4n) is 7.18. The summed E-state index contributed by atoms with van der Waals surface area (Å²) in [7, 11) is 0. The third kappa shape index (κ3) is 28.9. The molecule has 11 unspecified atom stereocenters. The second-order valence-electron chi connectivity index (χ2n) is 17.2. The van der Waals surface area contributed by atoms with E-state index in [9.17, 15) is 40.5 Å². The number of unbranched alkanes of at least 4 members (excludes halogenated alkanes) is 6. The molecule has 69 heavy (non-hydrogen) atoms. The first-order valence-corrected chi connectivity index (χ1v) is 25.5. The van der Waals surface area contributed by atoms with Gasteiger partial charge in [0, 0.05) is 13.0 Å². The first-order chi connectivity index (χ1) is 33.6. The molecule has 0 aromatic heterocycles. The Morgan fingerprint density at radius 3 is 1.38 bits per heavy atom. The Kier molecular flexibility index (Phi) is 37.0. The van der Waals surface area contributed by atoms with Crippen molar-refractivity contribution in [3.05, 3.63) is 109 Å². The Balaban J connectivity index is 1.79. The second-order valence-corrected chi connectivity index (χ2v) is 17.2. The minimum absolute atomic E-state index is 0.0185. The monoisotopic (exact) mass is 973 g/mol. The van der Waals surface area contributed by atoms with Gasteiger partial charge in [-0.25, -0.2) is 0 Å². The number of allylic oxidation sites excluding steroid dienone is 18. The van der Waals surface area contributed by atoms with Crippen molar-refractivity contribution < 1.29 is 69.0 Å². The molecule has 0 aliphatic carbocycles. The summed E-state index contributed by atoms with van der Waals surface area (Å²) in [5.74, 6) is -0.423. The minimum atomic E-state index is -1.73. The summed E-state index contributed by atoms with van der Waals surface area (Å²) < 4.78 is 34.2. The first kappa shape index (κ1) is 61.8. The minimum Gasteiger partial charge on any atom is -0.457 e. The highest BCUT2D eigenvalue weighted by Crippen LogP contribution is 2.26. The molecule has 14 nitrogen and oxygen atoms in total. The predicted octanol–water partition coefficient (Wildman–Crippen LogP) is 7.62. The van der Waals surface area contributed by atoms with Crippen LogP contribution in [0.2, 0.25) is 0 Å². The number of carbonyl (C=O) groups is 1. The van der Waals surface area contributed by atoms with Gasteiger partial charge in [0.15, 0.2) is 12.6 Å². The maximum Gasteiger partial charge on any atom is 0.306 e. The molecule has 392 valence electrons. The molecule has 2 rings (SSSR count). The number of aliphatic hydroxyl groups excluding tert-OH is 7. The van der Waals surface area contributed by atoms with Crippen molar-refractivity contribution in [2.24, 2.45) is 0 Å². The van der Waals surface area contributed by atoms with Crippen molar-refractivity contribution in [3.63, 3.8) is 0 Å². The van der Waals surface area contributed by atoms with Crippen LogP contribution in [-0.4, -0.2) is 142 Å². The fraction of sp³-hybridized carbons (Fsp3) is 0.655. The van der Waals surface area contributed by atoms with Crippen LogP contribution < -0.4 is 0 Å². The number of ether oxygens (including phenoxy) is 6. The molecule has 0 saturated carbocycles. The number of aliphatic hydroxyl groups is 7. The van der Waals surface area contributed by atoms with Crippen LogP contribution in [0.3, 0.4) is 0 Å². The first-order valence-electron chi connectivity index (χ1n) is 25.5. The molecular formula is C55H88O14. The van der Waals surface area contributed by atoms with Crippen LogP contribution in [0.1, 0.15) is 129 Å². The summed E-state index contributed by atoms with van der Waals surface area (Å²) in [5, 5.41) is 72.1. The third-order valence-corrected chi connectivity index (χ3v) is 11.3. The third-order valence-electron chi connectivity index (χ3n) is 11.3. The van der Waals surface area contributed by atoms with Crippen LogP contribution in [0.25, 0.3) is 0 Å². The van der Waals surface area contributed by atoms with Gasteiger partial charge in [-0.15, -0.1) is 0 Å². The predicted molar refractivity (Wildman–Crippen MR) is 270 cm³/mol. The van der Waals surface area contributed by atoms with Gasteiger partial charge < -0.3 is 64.2 Å². The molecule has 7 N–H and O–H groups in total. The maximum absolute atomic E-state index is 13.0. The smallest absolute Gasteiger partial charge is 0.306 e. The molecule has 2 fully saturated rings. The van der Waals surface area contributed by atoms with Gasteiger partial charge in [0.05, 0.1) is 26.4 Å². The zero-order valence-corrected chi connectivity index (χ0v) is 41.5. The largest absolute Gasteiger partial charge is 0.457 e. The Labute approximate surface area is 413 Å². The highest BCUT2D eigenvalue weighted by Gasteiger charge is 2.47. The summed E-state index contributed by atoms with van der Waals surface area (Å²) in [6.45, 7) is 3.29. The van der Waals surface area contributed by atoms with Crippen molar-refractivity contribution in [3.8, 4) is 0 Å². The van der Waals surface area contributed by atoms with E-state index >= 15 is 0 Å². The van der Waals surface area contributed by atoms with Gasteiger partial charge >= 0.3 is 5.97 Å². The van der Waals surface area contributed by atoms with E-state index in [2.05, 4.69) is 123 Å². The normalized spacial score (nSPS) is 26.6. The van der Waals surface area contributed by atoms with Gasteiger partial charge in [0.1, 0.15) is 54.9 Å². The lowest BCUT2D eigenvalue weighted by atomic mass is 9.98. The van der Waals surface area contributed by atoms with Crippen molar-refractivity contribution in [1.29, 1.82) is 0 Å². The van der Waals surface area contributed by atoms with Crippen LogP contribution in [0, 0.1) is 0 Å². The molecule has 0 aromatic carbocycles. The Morgan fingerprint density at radius 2 is 0.899 bits per heavy atom. The van der Waals surface area contributed by atoms with Crippen molar-refractivity contribution >= 4 is 5.97 Å². The molecule has 0 spiro atoms. The average Bonchev–Trinajstić information content (AvgIpc) is 3.35. The molecule has 0 aromatic rings. The van der Waals surface area contributed by atoms with E-state index in [-0.39, 0.29) is 19.6 Å². The van der Waals surface area contributed by atoms with Crippen LogP contribution >= 0.6 is 0 Å². The molecule has 2 aliphatic heterocycles. The van der Waals surface area contributed by atoms with E-state index in [0.717, 1.165) is 103 Å². The number of esters is 1. The number of carbonyl (C=O) groups excluding carboxylic acids is 1. The van der Waals surface area contributed by atoms with Gasteiger partial charge in [0.2, 0.25) is 0 Å². The highest BCUT2D eigenvalue weighted by atomic mass is 16.7. The average molecular weight is 973 g/mol. The van der Waals surface area contributed by atoms with Gasteiger partial charge in [0.25, 0.3) is 0 Å². The summed E-state index contributed by atoms with van der Waals surface area (Å²) in [4.78, 5) is 13.0. The van der Waals surface area contributed by atoms with Crippen LogP contribution in [0.15, 0.2) is 109 Å². The van der Waals surface area contributed by atoms with E-state index in [0.29, 0.717) is 13.0 Å². The lowest BCUT2D eigenvalue weighted by molar-refractivity contribution is -0.332. The van der Waals surface area contributed by atoms with Gasteiger partial charge in [-0.1, -0.05) is 136 Å². The van der Waals surface area contributed by atoms with Crippen LogP contribution in [0.4, 0.5) is 0 Å². The Bertz CT molecular complexity index is 1550. The highest BCUT2D eigenvalue weighted by molar-refractivity contribution is 5.69. The number of hydrogen-bond donors (Lipinski definition) is 7. The van der Waals surface area contributed by atoms with Gasteiger partial charge in [-0.3, -0.25) is 4.79 Å². The van der Waals surface area contributed by atoms with E-state index in [1.165, 1.54) is 0 Å². The number of rotatable bonds is 38. The SMILES string of the molecule is CC/C=C\C/C=C\C/C=C\C/C=C\C/C=C\C/C=C\CCCCCOCC(COC1OC(COC2OC(CO)C(O)C(O)C2O)C(O)C(O)C1O)OC(=O)CCCCC/C=C\C/C=C\C/C=C\CC. The topological polar surface area (TPSA) is 214 Å². The maximum atomic E-state index is 13.0. The van der Waals surface area contributed by atoms with Crippen molar-refractivity contribution in [2.45, 2.75) is 197 Å². The van der Waals surface area contributed by atoms with Crippen LogP contribution in [0.5, 0.6) is 0 Å². The quantitative estimate of drug-likeness (QED) is 0.0180. The molecular weight excluding hydrogens is 885 g/mol. The summed E-state index contributed by atoms with van der Waals surface area (Å²) in [5.41, 5.74) is 0. The fourth-order valence-corrected chi connectivity index (χ4v) is 7.18. The number of hydrogen-bond acceptors (Lipinski definition) is 14.